The van der Waals surface area contributed by atoms with Crippen LogP contribution in [0.5, 0.6) is 11.5 Å². The van der Waals surface area contributed by atoms with Crippen molar-refractivity contribution in [3.8, 4) is 11.5 Å². The van der Waals surface area contributed by atoms with Gasteiger partial charge in [-0.15, -0.1) is 11.3 Å². The first-order valence-electron chi connectivity index (χ1n) is 11.2. The zero-order chi connectivity index (χ0) is 25.8. The topological polar surface area (TPSA) is 119 Å². The van der Waals surface area contributed by atoms with Gasteiger partial charge in [-0.3, -0.25) is 14.4 Å². The molecular formula is C26H20BrN3O6S. The number of rotatable bonds is 7. The minimum atomic E-state index is -0.382. The third kappa shape index (κ3) is 6.01. The summed E-state index contributed by atoms with van der Waals surface area (Å²) in [6, 6.07) is 16.9. The molecule has 11 heteroatoms. The monoisotopic (exact) mass is 581 g/mol. The average Bonchev–Trinajstić information content (AvgIpc) is 3.58. The second-order valence-electron chi connectivity index (χ2n) is 7.95. The molecule has 9 nitrogen and oxygen atoms in total. The third-order valence-electron chi connectivity index (χ3n) is 5.32. The summed E-state index contributed by atoms with van der Waals surface area (Å²) >= 11 is 4.48. The van der Waals surface area contributed by atoms with Crippen LogP contribution in [0, 0.1) is 0 Å². The van der Waals surface area contributed by atoms with Crippen molar-refractivity contribution >= 4 is 62.1 Å². The summed E-state index contributed by atoms with van der Waals surface area (Å²) < 4.78 is 17.0. The summed E-state index contributed by atoms with van der Waals surface area (Å²) in [5.41, 5.74) is 2.09. The Morgan fingerprint density at radius 2 is 1.54 bits per heavy atom. The van der Waals surface area contributed by atoms with Crippen molar-refractivity contribution in [2.24, 2.45) is 0 Å². The number of amides is 3. The molecule has 1 aliphatic rings. The maximum absolute atomic E-state index is 12.9. The van der Waals surface area contributed by atoms with E-state index in [2.05, 4.69) is 31.9 Å². The number of thiophene rings is 1. The number of halogens is 1. The Labute approximate surface area is 223 Å². The van der Waals surface area contributed by atoms with Crippen molar-refractivity contribution < 1.29 is 28.3 Å². The summed E-state index contributed by atoms with van der Waals surface area (Å²) in [5, 5.41) is 10.3. The van der Waals surface area contributed by atoms with Crippen molar-refractivity contribution in [3.05, 3.63) is 86.9 Å². The lowest BCUT2D eigenvalue weighted by Gasteiger charge is -2.21. The molecule has 0 fully saturated rings. The molecule has 188 valence electrons. The van der Waals surface area contributed by atoms with Gasteiger partial charge in [0, 0.05) is 17.8 Å². The molecule has 4 aromatic rings. The standard InChI is InChI=1S/C26H20BrN3O6S/c27-23-8-7-19(36-23)25(32)28-16-5-3-15(4-6-16)12-24(31)29-17-13-20-21(35-10-9-34-20)14-18(17)30-26(33)22-2-1-11-37-22/h1-8,11,13-14H,9-10,12H2,(H,28,32)(H,29,31)(H,30,33). The molecule has 0 aliphatic carbocycles. The van der Waals surface area contributed by atoms with Crippen molar-refractivity contribution in [2.75, 3.05) is 29.2 Å². The van der Waals surface area contributed by atoms with E-state index < -0.39 is 0 Å². The van der Waals surface area contributed by atoms with Gasteiger partial charge in [0.15, 0.2) is 21.9 Å². The van der Waals surface area contributed by atoms with E-state index in [0.717, 1.165) is 5.56 Å². The molecule has 1 aliphatic heterocycles. The Bertz CT molecular complexity index is 1450. The number of benzene rings is 2. The molecule has 3 heterocycles. The Balaban J connectivity index is 1.26. The van der Waals surface area contributed by atoms with Gasteiger partial charge in [0.1, 0.15) is 13.2 Å². The molecule has 0 radical (unpaired) electrons. The highest BCUT2D eigenvalue weighted by atomic mass is 79.9. The fraction of sp³-hybridized carbons (Fsp3) is 0.115. The minimum Gasteiger partial charge on any atom is -0.486 e. The van der Waals surface area contributed by atoms with Crippen LogP contribution in [0.3, 0.4) is 0 Å². The fourth-order valence-corrected chi connectivity index (χ4v) is 4.53. The first kappa shape index (κ1) is 24.6. The van der Waals surface area contributed by atoms with E-state index >= 15 is 0 Å². The van der Waals surface area contributed by atoms with Gasteiger partial charge in [0.2, 0.25) is 5.91 Å². The van der Waals surface area contributed by atoms with E-state index in [0.29, 0.717) is 51.3 Å². The third-order valence-corrected chi connectivity index (χ3v) is 6.62. The molecule has 0 atom stereocenters. The molecule has 0 spiro atoms. The molecule has 3 amide bonds. The highest BCUT2D eigenvalue weighted by Gasteiger charge is 2.20. The normalized spacial score (nSPS) is 12.0. The predicted molar refractivity (Wildman–Crippen MR) is 143 cm³/mol. The largest absolute Gasteiger partial charge is 0.486 e. The predicted octanol–water partition coefficient (Wildman–Crippen LogP) is 5.56. The average molecular weight is 582 g/mol. The van der Waals surface area contributed by atoms with Gasteiger partial charge in [-0.2, -0.15) is 0 Å². The first-order chi connectivity index (χ1) is 17.9. The SMILES string of the molecule is O=C(Cc1ccc(NC(=O)c2ccc(Br)o2)cc1)Nc1cc2c(cc1NC(=O)c1cccs1)OCCO2. The Morgan fingerprint density at radius 3 is 2.16 bits per heavy atom. The van der Waals surface area contributed by atoms with Crippen LogP contribution in [0.15, 0.2) is 75.1 Å². The lowest BCUT2D eigenvalue weighted by Crippen LogP contribution is -2.20. The molecule has 0 saturated heterocycles. The van der Waals surface area contributed by atoms with Crippen LogP contribution >= 0.6 is 27.3 Å². The van der Waals surface area contributed by atoms with Crippen LogP contribution in [-0.4, -0.2) is 30.9 Å². The van der Waals surface area contributed by atoms with Crippen LogP contribution < -0.4 is 25.4 Å². The van der Waals surface area contributed by atoms with Gasteiger partial charge >= 0.3 is 0 Å². The lowest BCUT2D eigenvalue weighted by molar-refractivity contribution is -0.115. The van der Waals surface area contributed by atoms with E-state index in [1.807, 2.05) is 5.38 Å². The van der Waals surface area contributed by atoms with Crippen LogP contribution in [-0.2, 0) is 11.2 Å². The number of anilines is 3. The van der Waals surface area contributed by atoms with Crippen LogP contribution in [0.25, 0.3) is 0 Å². The number of fused-ring (bicyclic) bond motifs is 1. The smallest absolute Gasteiger partial charge is 0.291 e. The summed E-state index contributed by atoms with van der Waals surface area (Å²) in [5.74, 6) is 0.190. The van der Waals surface area contributed by atoms with Gasteiger partial charge in [0.05, 0.1) is 22.7 Å². The highest BCUT2D eigenvalue weighted by Crippen LogP contribution is 2.38. The molecule has 37 heavy (non-hydrogen) atoms. The zero-order valence-corrected chi connectivity index (χ0v) is 21.6. The number of ether oxygens (including phenoxy) is 2. The Hall–Kier alpha value is -4.09. The maximum Gasteiger partial charge on any atom is 0.291 e. The van der Waals surface area contributed by atoms with Crippen LogP contribution in [0.2, 0.25) is 0 Å². The fourth-order valence-electron chi connectivity index (χ4n) is 3.60. The number of hydrogen-bond acceptors (Lipinski definition) is 7. The van der Waals surface area contributed by atoms with E-state index in [1.165, 1.54) is 11.3 Å². The summed E-state index contributed by atoms with van der Waals surface area (Å²) in [4.78, 5) is 38.3. The number of carbonyl (C=O) groups is 3. The van der Waals surface area contributed by atoms with Crippen molar-refractivity contribution in [3.63, 3.8) is 0 Å². The molecule has 0 bridgehead atoms. The molecule has 2 aromatic carbocycles. The number of furan rings is 1. The molecule has 2 aromatic heterocycles. The van der Waals surface area contributed by atoms with Gasteiger partial charge in [-0.05, 0) is 57.2 Å². The van der Waals surface area contributed by atoms with Crippen molar-refractivity contribution in [2.45, 2.75) is 6.42 Å². The van der Waals surface area contributed by atoms with Crippen LogP contribution in [0.1, 0.15) is 25.8 Å². The van der Waals surface area contributed by atoms with E-state index in [9.17, 15) is 14.4 Å². The minimum absolute atomic E-state index is 0.0755. The molecular weight excluding hydrogens is 562 g/mol. The van der Waals surface area contributed by atoms with Gasteiger partial charge < -0.3 is 29.8 Å². The Morgan fingerprint density at radius 1 is 0.838 bits per heavy atom. The number of nitrogens with one attached hydrogen (secondary N) is 3. The molecule has 0 saturated carbocycles. The van der Waals surface area contributed by atoms with Crippen molar-refractivity contribution in [1.82, 2.24) is 0 Å². The second-order valence-corrected chi connectivity index (χ2v) is 9.68. The zero-order valence-electron chi connectivity index (χ0n) is 19.2. The van der Waals surface area contributed by atoms with Gasteiger partial charge in [-0.1, -0.05) is 18.2 Å². The molecule has 3 N–H and O–H groups in total. The summed E-state index contributed by atoms with van der Waals surface area (Å²) in [6.45, 7) is 0.786. The maximum atomic E-state index is 12.9. The summed E-state index contributed by atoms with van der Waals surface area (Å²) in [7, 11) is 0. The Kier molecular flexibility index (Phi) is 7.24. The quantitative estimate of drug-likeness (QED) is 0.263. The van der Waals surface area contributed by atoms with Crippen molar-refractivity contribution in [1.29, 1.82) is 0 Å². The second kappa shape index (κ2) is 10.9. The molecule has 0 unspecified atom stereocenters. The van der Waals surface area contributed by atoms with Gasteiger partial charge in [0.25, 0.3) is 11.8 Å². The number of carbonyl (C=O) groups excluding carboxylic acids is 3. The highest BCUT2D eigenvalue weighted by molar-refractivity contribution is 9.10. The van der Waals surface area contributed by atoms with E-state index in [1.54, 1.807) is 60.7 Å². The number of hydrogen-bond donors (Lipinski definition) is 3. The lowest BCUT2D eigenvalue weighted by atomic mass is 10.1. The molecule has 5 rings (SSSR count). The first-order valence-corrected chi connectivity index (χ1v) is 12.9. The summed E-state index contributed by atoms with van der Waals surface area (Å²) in [6.07, 6.45) is 0.0755. The van der Waals surface area contributed by atoms with Crippen LogP contribution in [0.4, 0.5) is 17.1 Å². The van der Waals surface area contributed by atoms with Gasteiger partial charge in [-0.25, -0.2) is 0 Å². The van der Waals surface area contributed by atoms with E-state index in [4.69, 9.17) is 13.9 Å². The van der Waals surface area contributed by atoms with E-state index in [-0.39, 0.29) is 29.9 Å².